The minimum absolute atomic E-state index is 0.346. The Balaban J connectivity index is 2.43. The van der Waals surface area contributed by atoms with Crippen LogP contribution in [0.5, 0.6) is 5.75 Å². The summed E-state index contributed by atoms with van der Waals surface area (Å²) in [5.74, 6) is 0.996. The summed E-state index contributed by atoms with van der Waals surface area (Å²) in [6, 6.07) is 5.78. The maximum atomic E-state index is 9.81. The molecule has 1 N–H and O–H groups in total. The van der Waals surface area contributed by atoms with Crippen molar-refractivity contribution in [3.05, 3.63) is 29.3 Å². The summed E-state index contributed by atoms with van der Waals surface area (Å²) in [4.78, 5) is 0. The third-order valence-corrected chi connectivity index (χ3v) is 3.71. The van der Waals surface area contributed by atoms with E-state index < -0.39 is 0 Å². The lowest BCUT2D eigenvalue weighted by Gasteiger charge is -2.15. The molecule has 0 heterocycles. The highest BCUT2D eigenvalue weighted by atomic mass is 16.5. The predicted molar refractivity (Wildman–Crippen MR) is 80.4 cm³/mol. The molecule has 0 saturated heterocycles. The van der Waals surface area contributed by atoms with Crippen LogP contribution in [0.1, 0.15) is 57.6 Å². The fourth-order valence-electron chi connectivity index (χ4n) is 2.21. The number of unbranched alkanes of at least 4 members (excludes halogenated alkanes) is 1. The highest BCUT2D eigenvalue weighted by Crippen LogP contribution is 2.21. The van der Waals surface area contributed by atoms with E-state index in [1.807, 2.05) is 12.1 Å². The van der Waals surface area contributed by atoms with Crippen LogP contribution >= 0.6 is 0 Å². The third kappa shape index (κ3) is 5.65. The predicted octanol–water partition coefficient (Wildman–Crippen LogP) is 4.69. The van der Waals surface area contributed by atoms with Crippen molar-refractivity contribution in [2.45, 2.75) is 59.5 Å². The van der Waals surface area contributed by atoms with E-state index in [-0.39, 0.29) is 0 Å². The van der Waals surface area contributed by atoms with Gasteiger partial charge in [-0.1, -0.05) is 46.1 Å². The summed E-state index contributed by atoms with van der Waals surface area (Å²) in [6.07, 6.45) is 5.92. The molecule has 0 aliphatic rings. The molecule has 19 heavy (non-hydrogen) atoms. The van der Waals surface area contributed by atoms with Crippen molar-refractivity contribution in [1.82, 2.24) is 0 Å². The zero-order valence-electron chi connectivity index (χ0n) is 12.6. The van der Waals surface area contributed by atoms with E-state index in [1.54, 1.807) is 6.07 Å². The quantitative estimate of drug-likeness (QED) is 0.701. The molecule has 0 radical (unpaired) electrons. The molecule has 0 aliphatic heterocycles. The van der Waals surface area contributed by atoms with Gasteiger partial charge in [-0.15, -0.1) is 0 Å². The van der Waals surface area contributed by atoms with Gasteiger partial charge in [0.25, 0.3) is 0 Å². The third-order valence-electron chi connectivity index (χ3n) is 3.71. The van der Waals surface area contributed by atoms with Crippen LogP contribution in [0.3, 0.4) is 0 Å². The molecule has 108 valence electrons. The van der Waals surface area contributed by atoms with E-state index in [1.165, 1.54) is 31.2 Å². The first-order valence-corrected chi connectivity index (χ1v) is 7.59. The van der Waals surface area contributed by atoms with Gasteiger partial charge in [-0.3, -0.25) is 0 Å². The van der Waals surface area contributed by atoms with Crippen LogP contribution in [0, 0.1) is 5.92 Å². The van der Waals surface area contributed by atoms with Gasteiger partial charge in [0.15, 0.2) is 0 Å². The van der Waals surface area contributed by atoms with E-state index in [0.29, 0.717) is 18.3 Å². The summed E-state index contributed by atoms with van der Waals surface area (Å²) in [5.41, 5.74) is 2.15. The SMILES string of the molecule is CCCCC(CC)COCc1cc(CC)ccc1O. The number of rotatable bonds is 9. The highest BCUT2D eigenvalue weighted by molar-refractivity contribution is 5.35. The minimum Gasteiger partial charge on any atom is -0.508 e. The van der Waals surface area contributed by atoms with Crippen LogP contribution in [0.15, 0.2) is 18.2 Å². The van der Waals surface area contributed by atoms with E-state index >= 15 is 0 Å². The standard InChI is InChI=1S/C17H28O2/c1-4-7-8-15(6-3)12-19-13-16-11-14(5-2)9-10-17(16)18/h9-11,15,18H,4-8,12-13H2,1-3H3. The fourth-order valence-corrected chi connectivity index (χ4v) is 2.21. The Morgan fingerprint density at radius 2 is 2.00 bits per heavy atom. The van der Waals surface area contributed by atoms with Crippen molar-refractivity contribution < 1.29 is 9.84 Å². The average Bonchev–Trinajstić information content (AvgIpc) is 2.44. The van der Waals surface area contributed by atoms with Crippen molar-refractivity contribution in [2.24, 2.45) is 5.92 Å². The first-order chi connectivity index (χ1) is 9.21. The van der Waals surface area contributed by atoms with Gasteiger partial charge >= 0.3 is 0 Å². The Labute approximate surface area is 117 Å². The molecular formula is C17H28O2. The summed E-state index contributed by atoms with van der Waals surface area (Å²) >= 11 is 0. The Bertz CT molecular complexity index is 360. The molecule has 0 aromatic heterocycles. The Kier molecular flexibility index (Phi) is 7.57. The second-order valence-corrected chi connectivity index (χ2v) is 5.25. The molecule has 2 heteroatoms. The van der Waals surface area contributed by atoms with E-state index in [4.69, 9.17) is 4.74 Å². The zero-order valence-corrected chi connectivity index (χ0v) is 12.6. The molecule has 0 aliphatic carbocycles. The van der Waals surface area contributed by atoms with Crippen LogP contribution in [0.4, 0.5) is 0 Å². The van der Waals surface area contributed by atoms with Gasteiger partial charge in [-0.2, -0.15) is 0 Å². The van der Waals surface area contributed by atoms with Gasteiger partial charge in [-0.25, -0.2) is 0 Å². The van der Waals surface area contributed by atoms with Gasteiger partial charge in [-0.05, 0) is 36.5 Å². The summed E-state index contributed by atoms with van der Waals surface area (Å²) in [5, 5.41) is 9.81. The minimum atomic E-state index is 0.346. The topological polar surface area (TPSA) is 29.5 Å². The number of benzene rings is 1. The molecule has 0 spiro atoms. The second kappa shape index (κ2) is 8.98. The number of aryl methyl sites for hydroxylation is 1. The monoisotopic (exact) mass is 264 g/mol. The van der Waals surface area contributed by atoms with Crippen molar-refractivity contribution in [1.29, 1.82) is 0 Å². The van der Waals surface area contributed by atoms with E-state index in [9.17, 15) is 5.11 Å². The number of ether oxygens (including phenoxy) is 1. The number of phenolic OH excluding ortho intramolecular Hbond substituents is 1. The van der Waals surface area contributed by atoms with Gasteiger partial charge < -0.3 is 9.84 Å². The molecule has 1 aromatic carbocycles. The normalized spacial score (nSPS) is 12.6. The van der Waals surface area contributed by atoms with Gasteiger partial charge in [0.05, 0.1) is 6.61 Å². The summed E-state index contributed by atoms with van der Waals surface area (Å²) < 4.78 is 5.79. The molecule has 0 amide bonds. The van der Waals surface area contributed by atoms with Gasteiger partial charge in [0, 0.05) is 12.2 Å². The van der Waals surface area contributed by atoms with Crippen LogP contribution in [0.2, 0.25) is 0 Å². The first-order valence-electron chi connectivity index (χ1n) is 7.59. The van der Waals surface area contributed by atoms with Crippen LogP contribution in [0.25, 0.3) is 0 Å². The molecule has 0 bridgehead atoms. The van der Waals surface area contributed by atoms with Crippen molar-refractivity contribution in [3.63, 3.8) is 0 Å². The molecule has 0 saturated carbocycles. The van der Waals surface area contributed by atoms with Crippen LogP contribution in [-0.4, -0.2) is 11.7 Å². The number of hydrogen-bond acceptors (Lipinski definition) is 2. The van der Waals surface area contributed by atoms with Gasteiger partial charge in [0.1, 0.15) is 5.75 Å². The van der Waals surface area contributed by atoms with E-state index in [0.717, 1.165) is 18.6 Å². The fraction of sp³-hybridized carbons (Fsp3) is 0.647. The Morgan fingerprint density at radius 1 is 1.21 bits per heavy atom. The lowest BCUT2D eigenvalue weighted by molar-refractivity contribution is 0.0807. The number of aromatic hydroxyl groups is 1. The lowest BCUT2D eigenvalue weighted by Crippen LogP contribution is -2.09. The van der Waals surface area contributed by atoms with Crippen LogP contribution < -0.4 is 0 Å². The van der Waals surface area contributed by atoms with Crippen molar-refractivity contribution in [3.8, 4) is 5.75 Å². The lowest BCUT2D eigenvalue weighted by atomic mass is 10.0. The molecular weight excluding hydrogens is 236 g/mol. The second-order valence-electron chi connectivity index (χ2n) is 5.25. The van der Waals surface area contributed by atoms with E-state index in [2.05, 4.69) is 20.8 Å². The van der Waals surface area contributed by atoms with Crippen LogP contribution in [-0.2, 0) is 17.8 Å². The summed E-state index contributed by atoms with van der Waals surface area (Å²) in [7, 11) is 0. The molecule has 1 aromatic rings. The smallest absolute Gasteiger partial charge is 0.121 e. The maximum Gasteiger partial charge on any atom is 0.121 e. The zero-order chi connectivity index (χ0) is 14.1. The molecule has 0 fully saturated rings. The summed E-state index contributed by atoms with van der Waals surface area (Å²) in [6.45, 7) is 7.88. The number of phenols is 1. The van der Waals surface area contributed by atoms with Gasteiger partial charge in [0.2, 0.25) is 0 Å². The maximum absolute atomic E-state index is 9.81. The Hall–Kier alpha value is -1.02. The molecule has 1 atom stereocenters. The highest BCUT2D eigenvalue weighted by Gasteiger charge is 2.07. The van der Waals surface area contributed by atoms with Crippen molar-refractivity contribution >= 4 is 0 Å². The largest absolute Gasteiger partial charge is 0.508 e. The molecule has 1 unspecified atom stereocenters. The average molecular weight is 264 g/mol. The number of hydrogen-bond donors (Lipinski definition) is 1. The molecule has 1 rings (SSSR count). The first kappa shape index (κ1) is 16.0. The molecule has 2 nitrogen and oxygen atoms in total. The Morgan fingerprint density at radius 3 is 2.63 bits per heavy atom. The van der Waals surface area contributed by atoms with Crippen molar-refractivity contribution in [2.75, 3.05) is 6.61 Å².